The van der Waals surface area contributed by atoms with Crippen LogP contribution < -0.4 is 5.32 Å². The largest absolute Gasteiger partial charge is 0.320 e. The number of fused-ring (bicyclic) bond motifs is 1. The van der Waals surface area contributed by atoms with Gasteiger partial charge in [-0.15, -0.1) is 0 Å². The Morgan fingerprint density at radius 3 is 3.12 bits per heavy atom. The second kappa shape index (κ2) is 4.22. The smallest absolute Gasteiger partial charge is 0.235 e. The first-order valence-corrected chi connectivity index (χ1v) is 6.29. The monoisotopic (exact) mass is 242 g/mol. The van der Waals surface area contributed by atoms with Gasteiger partial charge in [-0.3, -0.25) is 9.78 Å². The molecule has 0 atom stereocenters. The molecule has 1 aromatic heterocycles. The summed E-state index contributed by atoms with van der Waals surface area (Å²) in [5.41, 5.74) is 2.06. The molecule has 2 aromatic rings. The van der Waals surface area contributed by atoms with E-state index in [0.29, 0.717) is 5.75 Å². The Morgan fingerprint density at radius 1 is 1.35 bits per heavy atom. The fourth-order valence-corrected chi connectivity index (χ4v) is 2.53. The number of nitrogens with one attached hydrogen (secondary N) is 1. The lowest BCUT2D eigenvalue weighted by Crippen LogP contribution is -2.13. The number of carbonyl (C=O) groups is 1. The zero-order valence-electron chi connectivity index (χ0n) is 9.01. The highest BCUT2D eigenvalue weighted by Crippen LogP contribution is 2.23. The summed E-state index contributed by atoms with van der Waals surface area (Å²) >= 11 is 1.54. The summed E-state index contributed by atoms with van der Waals surface area (Å²) in [5.74, 6) is 0.588. The Labute approximate surface area is 103 Å². The number of aromatic nitrogens is 1. The van der Waals surface area contributed by atoms with Gasteiger partial charge >= 0.3 is 0 Å². The van der Waals surface area contributed by atoms with Gasteiger partial charge in [0.25, 0.3) is 0 Å². The molecular weight excluding hydrogens is 232 g/mol. The summed E-state index contributed by atoms with van der Waals surface area (Å²) in [7, 11) is 0. The highest BCUT2D eigenvalue weighted by Gasteiger charge is 2.14. The van der Waals surface area contributed by atoms with Crippen LogP contribution in [0.1, 0.15) is 5.56 Å². The number of benzene rings is 1. The third-order valence-corrected chi connectivity index (χ3v) is 3.48. The van der Waals surface area contributed by atoms with Crippen LogP contribution in [0.3, 0.4) is 0 Å². The molecule has 1 fully saturated rings. The van der Waals surface area contributed by atoms with Gasteiger partial charge in [0.05, 0.1) is 16.3 Å². The first kappa shape index (κ1) is 10.4. The first-order chi connectivity index (χ1) is 8.31. The van der Waals surface area contributed by atoms with E-state index in [1.165, 1.54) is 11.8 Å². The van der Waals surface area contributed by atoms with Crippen molar-refractivity contribution in [3.63, 3.8) is 0 Å². The maximum Gasteiger partial charge on any atom is 0.235 e. The van der Waals surface area contributed by atoms with Gasteiger partial charge in [-0.2, -0.15) is 0 Å². The van der Waals surface area contributed by atoms with E-state index in [1.54, 1.807) is 6.20 Å². The Balaban J connectivity index is 1.98. The molecule has 0 unspecified atom stereocenters. The summed E-state index contributed by atoms with van der Waals surface area (Å²) < 4.78 is 0. The SMILES string of the molecule is O=C1CSC(=Cc2ccc3ncccc3c2)N1. The topological polar surface area (TPSA) is 42.0 Å². The third-order valence-electron chi connectivity index (χ3n) is 2.55. The number of thioether (sulfide) groups is 1. The van der Waals surface area contributed by atoms with Crippen molar-refractivity contribution in [2.45, 2.75) is 0 Å². The Morgan fingerprint density at radius 2 is 2.29 bits per heavy atom. The number of nitrogens with zero attached hydrogens (tertiary/aromatic N) is 1. The van der Waals surface area contributed by atoms with Crippen LogP contribution in [0.15, 0.2) is 41.6 Å². The summed E-state index contributed by atoms with van der Waals surface area (Å²) in [4.78, 5) is 15.3. The quantitative estimate of drug-likeness (QED) is 0.835. The van der Waals surface area contributed by atoms with Crippen LogP contribution >= 0.6 is 11.8 Å². The van der Waals surface area contributed by atoms with Crippen LogP contribution in [0.2, 0.25) is 0 Å². The molecule has 1 N–H and O–H groups in total. The van der Waals surface area contributed by atoms with Gasteiger partial charge in [0.1, 0.15) is 0 Å². The van der Waals surface area contributed by atoms with Crippen LogP contribution in [-0.2, 0) is 4.79 Å². The van der Waals surface area contributed by atoms with E-state index >= 15 is 0 Å². The van der Waals surface area contributed by atoms with Crippen molar-refractivity contribution in [2.75, 3.05) is 5.75 Å². The average molecular weight is 242 g/mol. The van der Waals surface area contributed by atoms with Crippen molar-refractivity contribution in [3.05, 3.63) is 47.1 Å². The minimum Gasteiger partial charge on any atom is -0.320 e. The molecule has 2 heterocycles. The first-order valence-electron chi connectivity index (χ1n) is 5.30. The minimum absolute atomic E-state index is 0.0729. The molecule has 0 aliphatic carbocycles. The molecule has 17 heavy (non-hydrogen) atoms. The fourth-order valence-electron chi connectivity index (χ4n) is 1.77. The van der Waals surface area contributed by atoms with Gasteiger partial charge in [0.15, 0.2) is 0 Å². The molecule has 0 saturated carbocycles. The second-order valence-electron chi connectivity index (χ2n) is 3.80. The summed E-state index contributed by atoms with van der Waals surface area (Å²) in [6, 6.07) is 10.0. The zero-order chi connectivity index (χ0) is 11.7. The van der Waals surface area contributed by atoms with Crippen molar-refractivity contribution in [3.8, 4) is 0 Å². The van der Waals surface area contributed by atoms with E-state index in [0.717, 1.165) is 21.5 Å². The van der Waals surface area contributed by atoms with E-state index in [-0.39, 0.29) is 5.91 Å². The van der Waals surface area contributed by atoms with E-state index in [4.69, 9.17) is 0 Å². The van der Waals surface area contributed by atoms with E-state index in [2.05, 4.69) is 16.4 Å². The predicted octanol–water partition coefficient (Wildman–Crippen LogP) is 2.40. The average Bonchev–Trinajstić information content (AvgIpc) is 2.75. The van der Waals surface area contributed by atoms with Crippen LogP contribution in [0, 0.1) is 0 Å². The molecule has 1 aliphatic rings. The standard InChI is InChI=1S/C13H10N2OS/c16-12-8-17-13(15-12)7-9-3-4-11-10(6-9)2-1-5-14-11/h1-7H,8H2,(H,15,16). The maximum absolute atomic E-state index is 11.1. The number of pyridine rings is 1. The molecule has 4 heteroatoms. The normalized spacial score (nSPS) is 17.6. The van der Waals surface area contributed by atoms with Gasteiger partial charge < -0.3 is 5.32 Å². The number of hydrogen-bond acceptors (Lipinski definition) is 3. The van der Waals surface area contributed by atoms with E-state index in [9.17, 15) is 4.79 Å². The Hall–Kier alpha value is -1.81. The number of amides is 1. The van der Waals surface area contributed by atoms with Crippen LogP contribution in [0.4, 0.5) is 0 Å². The Bertz CT molecular complexity index is 622. The van der Waals surface area contributed by atoms with Crippen molar-refractivity contribution >= 4 is 34.6 Å². The van der Waals surface area contributed by atoms with Gasteiger partial charge in [-0.05, 0) is 29.8 Å². The highest BCUT2D eigenvalue weighted by atomic mass is 32.2. The molecule has 84 valence electrons. The van der Waals surface area contributed by atoms with Gasteiger partial charge in [-0.25, -0.2) is 0 Å². The number of rotatable bonds is 1. The van der Waals surface area contributed by atoms with E-state index < -0.39 is 0 Å². The molecule has 3 rings (SSSR count). The molecule has 1 aromatic carbocycles. The molecule has 0 bridgehead atoms. The third kappa shape index (κ3) is 2.17. The van der Waals surface area contributed by atoms with Gasteiger partial charge in [-0.1, -0.05) is 23.9 Å². The molecule has 1 saturated heterocycles. The van der Waals surface area contributed by atoms with Gasteiger partial charge in [0, 0.05) is 11.6 Å². The van der Waals surface area contributed by atoms with Crippen molar-refractivity contribution in [1.82, 2.24) is 10.3 Å². The van der Waals surface area contributed by atoms with Crippen molar-refractivity contribution in [1.29, 1.82) is 0 Å². The van der Waals surface area contributed by atoms with Crippen molar-refractivity contribution < 1.29 is 4.79 Å². The van der Waals surface area contributed by atoms with Gasteiger partial charge in [0.2, 0.25) is 5.91 Å². The maximum atomic E-state index is 11.1. The lowest BCUT2D eigenvalue weighted by Gasteiger charge is -2.00. The fraction of sp³-hybridized carbons (Fsp3) is 0.0769. The van der Waals surface area contributed by atoms with E-state index in [1.807, 2.05) is 30.3 Å². The minimum atomic E-state index is 0.0729. The van der Waals surface area contributed by atoms with Crippen LogP contribution in [-0.4, -0.2) is 16.6 Å². The molecule has 0 spiro atoms. The van der Waals surface area contributed by atoms with Crippen LogP contribution in [0.25, 0.3) is 17.0 Å². The lowest BCUT2D eigenvalue weighted by molar-refractivity contribution is -0.117. The molecule has 1 aliphatic heterocycles. The lowest BCUT2D eigenvalue weighted by atomic mass is 10.1. The molecule has 1 amide bonds. The Kier molecular flexibility index (Phi) is 2.57. The zero-order valence-corrected chi connectivity index (χ0v) is 9.83. The summed E-state index contributed by atoms with van der Waals surface area (Å²) in [5, 5.41) is 4.84. The molecular formula is C13H10N2OS. The van der Waals surface area contributed by atoms with Crippen molar-refractivity contribution in [2.24, 2.45) is 0 Å². The summed E-state index contributed by atoms with van der Waals surface area (Å²) in [6.45, 7) is 0. The summed E-state index contributed by atoms with van der Waals surface area (Å²) in [6.07, 6.45) is 3.77. The highest BCUT2D eigenvalue weighted by molar-refractivity contribution is 8.04. The number of carbonyl (C=O) groups excluding carboxylic acids is 1. The number of hydrogen-bond donors (Lipinski definition) is 1. The van der Waals surface area contributed by atoms with Crippen LogP contribution in [0.5, 0.6) is 0 Å². The molecule has 0 radical (unpaired) electrons. The predicted molar refractivity (Wildman–Crippen MR) is 70.3 cm³/mol. The second-order valence-corrected chi connectivity index (χ2v) is 4.82. The molecule has 3 nitrogen and oxygen atoms in total.